The lowest BCUT2D eigenvalue weighted by Crippen LogP contribution is -2.36. The number of fused-ring (bicyclic) bond motifs is 1. The summed E-state index contributed by atoms with van der Waals surface area (Å²) in [5.74, 6) is 0. The lowest BCUT2D eigenvalue weighted by Gasteiger charge is -2.19. The van der Waals surface area contributed by atoms with Crippen molar-refractivity contribution in [2.75, 3.05) is 19.0 Å². The van der Waals surface area contributed by atoms with Crippen LogP contribution in [0.1, 0.15) is 30.4 Å². The van der Waals surface area contributed by atoms with Crippen molar-refractivity contribution in [1.82, 2.24) is 5.32 Å². The smallest absolute Gasteiger partial charge is 0.0724 e. The van der Waals surface area contributed by atoms with Gasteiger partial charge in [-0.15, -0.1) is 0 Å². The Morgan fingerprint density at radius 1 is 1.39 bits per heavy atom. The van der Waals surface area contributed by atoms with Gasteiger partial charge in [-0.3, -0.25) is 0 Å². The van der Waals surface area contributed by atoms with E-state index in [9.17, 15) is 0 Å². The minimum atomic E-state index is 0.401. The van der Waals surface area contributed by atoms with Gasteiger partial charge in [-0.2, -0.15) is 0 Å². The Morgan fingerprint density at radius 2 is 2.33 bits per heavy atom. The Morgan fingerprint density at radius 3 is 3.22 bits per heavy atom. The molecule has 98 valence electrons. The summed E-state index contributed by atoms with van der Waals surface area (Å²) in [5.41, 5.74) is 4.14. The first kappa shape index (κ1) is 12.0. The molecule has 1 aromatic carbocycles. The Kier molecular flexibility index (Phi) is 3.52. The number of rotatable bonds is 4. The number of benzene rings is 1. The fraction of sp³-hybridized carbons (Fsp3) is 0.600. The predicted octanol–water partition coefficient (Wildman–Crippen LogP) is 2.31. The number of anilines is 1. The molecule has 0 amide bonds. The van der Waals surface area contributed by atoms with Gasteiger partial charge in [0, 0.05) is 31.9 Å². The molecule has 0 saturated heterocycles. The average Bonchev–Trinajstić information content (AvgIpc) is 3.04. The molecule has 1 heterocycles. The standard InChI is InChI=1S/C15H22N2O/c1-18-15-4-2-3-13(15)17-10-11-5-6-12-7-8-16-14(12)9-11/h5-6,9,13,15-17H,2-4,7-8,10H2,1H3. The zero-order valence-corrected chi connectivity index (χ0v) is 11.0. The van der Waals surface area contributed by atoms with Gasteiger partial charge in [0.25, 0.3) is 0 Å². The van der Waals surface area contributed by atoms with Gasteiger partial charge >= 0.3 is 0 Å². The summed E-state index contributed by atoms with van der Waals surface area (Å²) in [6.07, 6.45) is 5.28. The maximum atomic E-state index is 5.51. The van der Waals surface area contributed by atoms with Crippen LogP contribution in [0.2, 0.25) is 0 Å². The van der Waals surface area contributed by atoms with Gasteiger partial charge in [-0.1, -0.05) is 12.1 Å². The van der Waals surface area contributed by atoms with E-state index >= 15 is 0 Å². The molecule has 18 heavy (non-hydrogen) atoms. The molecule has 1 aromatic rings. The van der Waals surface area contributed by atoms with E-state index < -0.39 is 0 Å². The summed E-state index contributed by atoms with van der Waals surface area (Å²) in [4.78, 5) is 0. The Labute approximate surface area is 109 Å². The quantitative estimate of drug-likeness (QED) is 0.855. The summed E-state index contributed by atoms with van der Waals surface area (Å²) >= 11 is 0. The average molecular weight is 246 g/mol. The predicted molar refractivity (Wildman–Crippen MR) is 73.9 cm³/mol. The molecule has 0 radical (unpaired) electrons. The monoisotopic (exact) mass is 246 g/mol. The van der Waals surface area contributed by atoms with Gasteiger partial charge < -0.3 is 15.4 Å². The number of hydrogen-bond donors (Lipinski definition) is 2. The second-order valence-electron chi connectivity index (χ2n) is 5.36. The summed E-state index contributed by atoms with van der Waals surface area (Å²) in [5, 5.41) is 7.07. The Balaban J connectivity index is 1.60. The number of ether oxygens (including phenoxy) is 1. The van der Waals surface area contributed by atoms with Crippen molar-refractivity contribution in [3.8, 4) is 0 Å². The van der Waals surface area contributed by atoms with Crippen molar-refractivity contribution in [2.45, 2.75) is 44.4 Å². The molecule has 0 aromatic heterocycles. The van der Waals surface area contributed by atoms with Crippen LogP contribution in [0.5, 0.6) is 0 Å². The van der Waals surface area contributed by atoms with Gasteiger partial charge in [0.05, 0.1) is 6.10 Å². The maximum Gasteiger partial charge on any atom is 0.0724 e. The van der Waals surface area contributed by atoms with Crippen LogP contribution in [0, 0.1) is 0 Å². The number of nitrogens with one attached hydrogen (secondary N) is 2. The van der Waals surface area contributed by atoms with Crippen molar-refractivity contribution < 1.29 is 4.74 Å². The highest BCUT2D eigenvalue weighted by Gasteiger charge is 2.26. The van der Waals surface area contributed by atoms with E-state index in [2.05, 4.69) is 28.8 Å². The zero-order valence-electron chi connectivity index (χ0n) is 11.0. The topological polar surface area (TPSA) is 33.3 Å². The second-order valence-corrected chi connectivity index (χ2v) is 5.36. The molecule has 1 fully saturated rings. The van der Waals surface area contributed by atoms with Crippen LogP contribution in [0.25, 0.3) is 0 Å². The van der Waals surface area contributed by atoms with Crippen LogP contribution in [-0.4, -0.2) is 25.8 Å². The molecule has 1 saturated carbocycles. The van der Waals surface area contributed by atoms with Crippen LogP contribution in [0.4, 0.5) is 5.69 Å². The van der Waals surface area contributed by atoms with Crippen LogP contribution in [-0.2, 0) is 17.7 Å². The van der Waals surface area contributed by atoms with Crippen molar-refractivity contribution in [3.63, 3.8) is 0 Å². The minimum absolute atomic E-state index is 0.401. The normalized spacial score (nSPS) is 26.1. The number of methoxy groups -OCH3 is 1. The van der Waals surface area contributed by atoms with Crippen LogP contribution in [0.3, 0.4) is 0 Å². The van der Waals surface area contributed by atoms with E-state index in [0.717, 1.165) is 19.5 Å². The van der Waals surface area contributed by atoms with Crippen molar-refractivity contribution in [2.24, 2.45) is 0 Å². The summed E-state index contributed by atoms with van der Waals surface area (Å²) in [6.45, 7) is 2.03. The molecular formula is C15H22N2O. The summed E-state index contributed by atoms with van der Waals surface area (Å²) in [7, 11) is 1.82. The highest BCUT2D eigenvalue weighted by Crippen LogP contribution is 2.24. The Hall–Kier alpha value is -1.06. The highest BCUT2D eigenvalue weighted by atomic mass is 16.5. The van der Waals surface area contributed by atoms with E-state index in [1.165, 1.54) is 36.1 Å². The molecule has 2 atom stereocenters. The summed E-state index contributed by atoms with van der Waals surface area (Å²) < 4.78 is 5.51. The fourth-order valence-electron chi connectivity index (χ4n) is 3.14. The molecule has 3 rings (SSSR count). The molecule has 3 nitrogen and oxygen atoms in total. The molecule has 2 aliphatic rings. The van der Waals surface area contributed by atoms with Gasteiger partial charge in [-0.05, 0) is 42.9 Å². The molecule has 1 aliphatic heterocycles. The fourth-order valence-corrected chi connectivity index (χ4v) is 3.14. The van der Waals surface area contributed by atoms with E-state index in [0.29, 0.717) is 12.1 Å². The minimum Gasteiger partial charge on any atom is -0.384 e. The number of hydrogen-bond acceptors (Lipinski definition) is 3. The van der Waals surface area contributed by atoms with Crippen molar-refractivity contribution in [1.29, 1.82) is 0 Å². The van der Waals surface area contributed by atoms with Gasteiger partial charge in [0.1, 0.15) is 0 Å². The van der Waals surface area contributed by atoms with Crippen molar-refractivity contribution in [3.05, 3.63) is 29.3 Å². The molecule has 0 bridgehead atoms. The van der Waals surface area contributed by atoms with Crippen molar-refractivity contribution >= 4 is 5.69 Å². The first-order chi connectivity index (χ1) is 8.86. The lowest BCUT2D eigenvalue weighted by molar-refractivity contribution is 0.0847. The molecule has 0 spiro atoms. The molecule has 2 N–H and O–H groups in total. The third-order valence-electron chi connectivity index (χ3n) is 4.21. The van der Waals surface area contributed by atoms with E-state index in [-0.39, 0.29) is 0 Å². The van der Waals surface area contributed by atoms with Crippen LogP contribution in [0.15, 0.2) is 18.2 Å². The molecule has 2 unspecified atom stereocenters. The largest absolute Gasteiger partial charge is 0.384 e. The van der Waals surface area contributed by atoms with E-state index in [1.54, 1.807) is 0 Å². The van der Waals surface area contributed by atoms with Crippen LogP contribution < -0.4 is 10.6 Å². The second kappa shape index (κ2) is 5.29. The first-order valence-corrected chi connectivity index (χ1v) is 6.98. The van der Waals surface area contributed by atoms with Gasteiger partial charge in [0.15, 0.2) is 0 Å². The Bertz CT molecular complexity index is 419. The summed E-state index contributed by atoms with van der Waals surface area (Å²) in [6, 6.07) is 7.31. The molecular weight excluding hydrogens is 224 g/mol. The third-order valence-corrected chi connectivity index (χ3v) is 4.21. The van der Waals surface area contributed by atoms with E-state index in [1.807, 2.05) is 7.11 Å². The van der Waals surface area contributed by atoms with Gasteiger partial charge in [-0.25, -0.2) is 0 Å². The molecule has 1 aliphatic carbocycles. The van der Waals surface area contributed by atoms with Gasteiger partial charge in [0.2, 0.25) is 0 Å². The lowest BCUT2D eigenvalue weighted by atomic mass is 10.1. The SMILES string of the molecule is COC1CCCC1NCc1ccc2c(c1)NCC2. The third kappa shape index (κ3) is 2.38. The maximum absolute atomic E-state index is 5.51. The highest BCUT2D eigenvalue weighted by molar-refractivity contribution is 5.56. The van der Waals surface area contributed by atoms with Crippen LogP contribution >= 0.6 is 0 Å². The zero-order chi connectivity index (χ0) is 12.4. The molecule has 3 heteroatoms. The first-order valence-electron chi connectivity index (χ1n) is 6.98. The van der Waals surface area contributed by atoms with E-state index in [4.69, 9.17) is 4.74 Å².